The molecule has 0 saturated heterocycles. The molecule has 8 rings (SSSR count). The van der Waals surface area contributed by atoms with Gasteiger partial charge in [-0.3, -0.25) is 14.6 Å². The molecule has 0 radical (unpaired) electrons. The number of benzene rings is 4. The number of aryl methyl sites for hydroxylation is 3. The smallest absolute Gasteiger partial charge is 0.326 e. The predicted octanol–water partition coefficient (Wildman–Crippen LogP) is 8.75. The van der Waals surface area contributed by atoms with Crippen molar-refractivity contribution < 1.29 is 38.1 Å². The van der Waals surface area contributed by atoms with Crippen molar-refractivity contribution in [3.05, 3.63) is 158 Å². The van der Waals surface area contributed by atoms with E-state index < -0.39 is 36.0 Å². The van der Waals surface area contributed by atoms with Gasteiger partial charge in [-0.1, -0.05) is 71.7 Å². The number of pyridine rings is 1. The average Bonchev–Trinajstić information content (AvgIpc) is 3.60. The SMILES string of the molecule is Cc1nc(C(=O)N2Cc3cc4c(cc3CC2C(=O)NC(Cc2ccc(-c3ccnc(C)c3C)cc2)C(=O)O)OCC(c2ccc(OCc3cccc(Cl)c3Cl)cc2)O4)c(C)o1. The Morgan fingerprint density at radius 1 is 0.951 bits per heavy atom. The maximum Gasteiger partial charge on any atom is 0.326 e. The van der Waals surface area contributed by atoms with Crippen LogP contribution in [0.4, 0.5) is 0 Å². The second-order valence-corrected chi connectivity index (χ2v) is 16.0. The lowest BCUT2D eigenvalue weighted by atomic mass is 9.91. The number of carboxylic acid groups (broad SMARTS) is 1. The lowest BCUT2D eigenvalue weighted by Crippen LogP contribution is -2.56. The van der Waals surface area contributed by atoms with Gasteiger partial charge in [-0.05, 0) is 96.1 Å². The molecule has 4 heterocycles. The van der Waals surface area contributed by atoms with Crippen molar-refractivity contribution in [2.45, 2.75) is 71.9 Å². The zero-order chi connectivity index (χ0) is 42.9. The van der Waals surface area contributed by atoms with Gasteiger partial charge in [-0.15, -0.1) is 0 Å². The summed E-state index contributed by atoms with van der Waals surface area (Å²) in [6.07, 6.45) is 1.45. The van der Waals surface area contributed by atoms with Crippen LogP contribution in [0.2, 0.25) is 10.0 Å². The van der Waals surface area contributed by atoms with E-state index in [4.69, 9.17) is 41.8 Å². The number of hydrogen-bond acceptors (Lipinski definition) is 9. The quantitative estimate of drug-likeness (QED) is 0.129. The Hall–Kier alpha value is -6.37. The number of nitrogens with one attached hydrogen (secondary N) is 1. The van der Waals surface area contributed by atoms with Crippen LogP contribution in [-0.2, 0) is 35.6 Å². The van der Waals surface area contributed by atoms with E-state index in [1.54, 1.807) is 26.1 Å². The van der Waals surface area contributed by atoms with E-state index >= 15 is 0 Å². The number of nitrogens with zero attached hydrogens (tertiary/aromatic N) is 3. The summed E-state index contributed by atoms with van der Waals surface area (Å²) in [5.74, 6) is -0.0811. The zero-order valence-corrected chi connectivity index (χ0v) is 35.3. The largest absolute Gasteiger partial charge is 0.489 e. The summed E-state index contributed by atoms with van der Waals surface area (Å²) in [7, 11) is 0. The molecule has 0 fully saturated rings. The molecule has 2 aromatic heterocycles. The molecule has 0 spiro atoms. The van der Waals surface area contributed by atoms with Crippen molar-refractivity contribution >= 4 is 41.0 Å². The number of carboxylic acids is 1. The van der Waals surface area contributed by atoms with Crippen molar-refractivity contribution in [1.82, 2.24) is 20.2 Å². The van der Waals surface area contributed by atoms with Gasteiger partial charge in [0.2, 0.25) is 5.91 Å². The van der Waals surface area contributed by atoms with E-state index in [0.717, 1.165) is 50.2 Å². The van der Waals surface area contributed by atoms with Crippen molar-refractivity contribution in [2.75, 3.05) is 6.61 Å². The number of hydrogen-bond donors (Lipinski definition) is 2. The van der Waals surface area contributed by atoms with E-state index in [9.17, 15) is 19.5 Å². The molecule has 0 saturated carbocycles. The maximum atomic E-state index is 14.2. The number of amides is 2. The molecule has 4 aromatic carbocycles. The van der Waals surface area contributed by atoms with E-state index in [0.29, 0.717) is 38.9 Å². The standard InChI is InChI=1S/C47H42Cl2N4O8/c1-25-26(2)50-17-16-36(25)30-10-8-29(9-11-30)18-38(47(56)57)52-45(54)39-19-33-20-40-41(21-34(33)22-53(39)46(55)44-27(3)60-28(4)51-44)61-42(24-59-40)31-12-14-35(15-13-31)58-23-32-6-5-7-37(48)43(32)49/h5-17,20-21,38-39,42H,18-19,22-24H2,1-4H3,(H,52,54)(H,56,57). The summed E-state index contributed by atoms with van der Waals surface area (Å²) in [6.45, 7) is 7.74. The van der Waals surface area contributed by atoms with Crippen molar-refractivity contribution in [1.29, 1.82) is 0 Å². The van der Waals surface area contributed by atoms with E-state index in [-0.39, 0.29) is 38.3 Å². The van der Waals surface area contributed by atoms with Crippen LogP contribution < -0.4 is 19.5 Å². The van der Waals surface area contributed by atoms with Gasteiger partial charge in [0.05, 0.1) is 10.0 Å². The van der Waals surface area contributed by atoms with E-state index in [1.165, 1.54) is 4.90 Å². The molecule has 2 amide bonds. The Bertz CT molecular complexity index is 2650. The van der Waals surface area contributed by atoms with Gasteiger partial charge in [0, 0.05) is 43.8 Å². The van der Waals surface area contributed by atoms with Crippen LogP contribution in [0.3, 0.4) is 0 Å². The number of carbonyl (C=O) groups excluding carboxylic acids is 2. The van der Waals surface area contributed by atoms with Gasteiger partial charge < -0.3 is 34.0 Å². The molecule has 2 aliphatic heterocycles. The molecule has 2 N–H and O–H groups in total. The van der Waals surface area contributed by atoms with Gasteiger partial charge >= 0.3 is 5.97 Å². The highest BCUT2D eigenvalue weighted by molar-refractivity contribution is 6.42. The molecule has 6 aromatic rings. The molecule has 3 atom stereocenters. The Labute approximate surface area is 362 Å². The fourth-order valence-electron chi connectivity index (χ4n) is 7.70. The Kier molecular flexibility index (Phi) is 11.7. The minimum Gasteiger partial charge on any atom is -0.489 e. The fourth-order valence-corrected chi connectivity index (χ4v) is 8.08. The second-order valence-electron chi connectivity index (χ2n) is 15.2. The van der Waals surface area contributed by atoms with E-state index in [2.05, 4.69) is 15.3 Å². The predicted molar refractivity (Wildman–Crippen MR) is 228 cm³/mol. The lowest BCUT2D eigenvalue weighted by molar-refractivity contribution is -0.142. The monoisotopic (exact) mass is 860 g/mol. The Morgan fingerprint density at radius 2 is 1.70 bits per heavy atom. The molecule has 61 heavy (non-hydrogen) atoms. The number of fused-ring (bicyclic) bond motifs is 2. The molecular weight excluding hydrogens is 819 g/mol. The highest BCUT2D eigenvalue weighted by Crippen LogP contribution is 2.41. The zero-order valence-electron chi connectivity index (χ0n) is 33.8. The number of rotatable bonds is 11. The molecule has 14 heteroatoms. The summed E-state index contributed by atoms with van der Waals surface area (Å²) in [5, 5.41) is 13.9. The molecular formula is C47H42Cl2N4O8. The number of carbonyl (C=O) groups is 3. The minimum absolute atomic E-state index is 0.0225. The van der Waals surface area contributed by atoms with Crippen LogP contribution >= 0.6 is 23.2 Å². The summed E-state index contributed by atoms with van der Waals surface area (Å²) >= 11 is 12.5. The van der Waals surface area contributed by atoms with Crippen molar-refractivity contribution in [3.63, 3.8) is 0 Å². The van der Waals surface area contributed by atoms with Crippen LogP contribution in [-0.4, -0.2) is 56.4 Å². The van der Waals surface area contributed by atoms with Crippen LogP contribution in [0.15, 0.2) is 95.5 Å². The first-order chi connectivity index (χ1) is 29.3. The number of aromatic nitrogens is 2. The summed E-state index contributed by atoms with van der Waals surface area (Å²) in [6, 6.07) is 23.7. The number of oxazole rings is 1. The topological polar surface area (TPSA) is 153 Å². The average molecular weight is 862 g/mol. The van der Waals surface area contributed by atoms with Crippen LogP contribution in [0.1, 0.15) is 67.3 Å². The third-order valence-electron chi connectivity index (χ3n) is 11.2. The van der Waals surface area contributed by atoms with Crippen LogP contribution in [0.25, 0.3) is 11.1 Å². The highest BCUT2D eigenvalue weighted by atomic mass is 35.5. The normalized spacial score (nSPS) is 16.1. The summed E-state index contributed by atoms with van der Waals surface area (Å²) in [4.78, 5) is 51.1. The molecule has 2 aliphatic rings. The Morgan fingerprint density at radius 3 is 2.43 bits per heavy atom. The first-order valence-corrected chi connectivity index (χ1v) is 20.5. The molecule has 3 unspecified atom stereocenters. The summed E-state index contributed by atoms with van der Waals surface area (Å²) < 4.78 is 24.2. The minimum atomic E-state index is -1.27. The molecule has 0 bridgehead atoms. The third-order valence-corrected chi connectivity index (χ3v) is 12.0. The van der Waals surface area contributed by atoms with E-state index in [1.807, 2.05) is 92.7 Å². The van der Waals surface area contributed by atoms with Crippen LogP contribution in [0.5, 0.6) is 17.2 Å². The molecule has 12 nitrogen and oxygen atoms in total. The molecule has 312 valence electrons. The van der Waals surface area contributed by atoms with Crippen molar-refractivity contribution in [3.8, 4) is 28.4 Å². The van der Waals surface area contributed by atoms with Gasteiger partial charge in [-0.2, -0.15) is 0 Å². The van der Waals surface area contributed by atoms with Gasteiger partial charge in [0.15, 0.2) is 29.2 Å². The maximum absolute atomic E-state index is 14.2. The Balaban J connectivity index is 0.996. The van der Waals surface area contributed by atoms with Crippen molar-refractivity contribution in [2.24, 2.45) is 0 Å². The summed E-state index contributed by atoms with van der Waals surface area (Å²) in [5.41, 5.74) is 7.95. The highest BCUT2D eigenvalue weighted by Gasteiger charge is 2.39. The second kappa shape index (κ2) is 17.3. The van der Waals surface area contributed by atoms with Gasteiger partial charge in [0.1, 0.15) is 36.8 Å². The number of aliphatic carboxylic acids is 1. The van der Waals surface area contributed by atoms with Crippen LogP contribution in [0, 0.1) is 27.7 Å². The van der Waals surface area contributed by atoms with Gasteiger partial charge in [-0.25, -0.2) is 9.78 Å². The fraction of sp³-hybridized carbons (Fsp3) is 0.255. The lowest BCUT2D eigenvalue weighted by Gasteiger charge is -2.37. The van der Waals surface area contributed by atoms with Gasteiger partial charge in [0.25, 0.3) is 5.91 Å². The first-order valence-electron chi connectivity index (χ1n) is 19.7. The third kappa shape index (κ3) is 8.78. The number of ether oxygens (including phenoxy) is 3. The first kappa shape index (κ1) is 41.4. The number of halogens is 2. The molecule has 0 aliphatic carbocycles.